The summed E-state index contributed by atoms with van der Waals surface area (Å²) >= 11 is 0. The Morgan fingerprint density at radius 3 is 2.63 bits per heavy atom. The van der Waals surface area contributed by atoms with E-state index in [2.05, 4.69) is 10.0 Å². The molecule has 2 amide bonds. The van der Waals surface area contributed by atoms with Crippen molar-refractivity contribution >= 4 is 21.8 Å². The van der Waals surface area contributed by atoms with E-state index in [0.29, 0.717) is 18.6 Å². The molecule has 1 heterocycles. The van der Waals surface area contributed by atoms with Crippen LogP contribution >= 0.6 is 0 Å². The van der Waals surface area contributed by atoms with Crippen LogP contribution in [0.4, 0.5) is 4.39 Å². The number of imide groups is 1. The van der Waals surface area contributed by atoms with Crippen LogP contribution in [0.15, 0.2) is 30.4 Å². The van der Waals surface area contributed by atoms with Gasteiger partial charge in [0.15, 0.2) is 11.6 Å². The van der Waals surface area contributed by atoms with Crippen LogP contribution in [0.1, 0.15) is 51.6 Å². The fourth-order valence-corrected chi connectivity index (χ4v) is 4.19. The van der Waals surface area contributed by atoms with Crippen LogP contribution in [0.5, 0.6) is 5.75 Å². The molecule has 0 saturated carbocycles. The minimum Gasteiger partial charge on any atom is -0.490 e. The van der Waals surface area contributed by atoms with Crippen molar-refractivity contribution in [2.24, 2.45) is 11.8 Å². The van der Waals surface area contributed by atoms with Gasteiger partial charge in [0.05, 0.1) is 18.3 Å². The van der Waals surface area contributed by atoms with Crippen LogP contribution in [0.3, 0.4) is 0 Å². The van der Waals surface area contributed by atoms with E-state index in [-0.39, 0.29) is 48.0 Å². The average Bonchev–Trinajstić information content (AvgIpc) is 2.97. The number of hydrogen-bond donors (Lipinski definition) is 2. The largest absolute Gasteiger partial charge is 0.490 e. The number of ether oxygens (including phenoxy) is 1. The van der Waals surface area contributed by atoms with Crippen molar-refractivity contribution in [3.63, 3.8) is 0 Å². The molecule has 2 N–H and O–H groups in total. The molecule has 1 unspecified atom stereocenters. The van der Waals surface area contributed by atoms with Crippen LogP contribution in [-0.2, 0) is 19.6 Å². The molecule has 2 rings (SSSR count). The third-order valence-corrected chi connectivity index (χ3v) is 6.08. The number of hydrogen-bond acceptors (Lipinski definition) is 5. The zero-order valence-corrected chi connectivity index (χ0v) is 18.3. The van der Waals surface area contributed by atoms with Crippen LogP contribution in [0.25, 0.3) is 0 Å². The number of halogens is 1. The predicted octanol–water partition coefficient (Wildman–Crippen LogP) is 2.84. The van der Waals surface area contributed by atoms with Crippen molar-refractivity contribution in [2.45, 2.75) is 46.1 Å². The number of nitrogens with one attached hydrogen (secondary N) is 2. The second kappa shape index (κ2) is 10.7. The van der Waals surface area contributed by atoms with Gasteiger partial charge in [-0.2, -0.15) is 0 Å². The fraction of sp³-hybridized carbons (Fsp3) is 0.524. The van der Waals surface area contributed by atoms with E-state index in [1.165, 1.54) is 18.2 Å². The Labute approximate surface area is 177 Å². The summed E-state index contributed by atoms with van der Waals surface area (Å²) in [7, 11) is -3.57. The first-order valence-corrected chi connectivity index (χ1v) is 11.6. The van der Waals surface area contributed by atoms with Gasteiger partial charge in [-0.05, 0) is 43.4 Å². The van der Waals surface area contributed by atoms with Crippen molar-refractivity contribution < 1.29 is 27.1 Å². The molecule has 0 spiro atoms. The van der Waals surface area contributed by atoms with Gasteiger partial charge in [0.1, 0.15) is 0 Å². The van der Waals surface area contributed by atoms with E-state index in [0.717, 1.165) is 0 Å². The summed E-state index contributed by atoms with van der Waals surface area (Å²) in [5, 5.41) is 2.24. The van der Waals surface area contributed by atoms with E-state index >= 15 is 0 Å². The van der Waals surface area contributed by atoms with Crippen molar-refractivity contribution in [3.8, 4) is 5.75 Å². The molecule has 1 saturated heterocycles. The van der Waals surface area contributed by atoms with Gasteiger partial charge in [-0.25, -0.2) is 17.5 Å². The summed E-state index contributed by atoms with van der Waals surface area (Å²) in [5.41, 5.74) is 0.603. The molecule has 7 nitrogen and oxygen atoms in total. The zero-order valence-electron chi connectivity index (χ0n) is 17.5. The first-order chi connectivity index (χ1) is 14.1. The van der Waals surface area contributed by atoms with Crippen molar-refractivity contribution in [1.29, 1.82) is 0 Å². The van der Waals surface area contributed by atoms with Crippen LogP contribution in [0.2, 0.25) is 0 Å². The molecular formula is C21H29FN2O5S. The lowest BCUT2D eigenvalue weighted by Crippen LogP contribution is -2.29. The zero-order chi connectivity index (χ0) is 22.3. The number of benzene rings is 1. The molecule has 0 radical (unpaired) electrons. The molecule has 0 aliphatic carbocycles. The van der Waals surface area contributed by atoms with Crippen LogP contribution in [-0.4, -0.2) is 32.6 Å². The minimum atomic E-state index is -3.57. The van der Waals surface area contributed by atoms with Gasteiger partial charge in [0.25, 0.3) is 0 Å². The monoisotopic (exact) mass is 440 g/mol. The number of rotatable bonds is 11. The van der Waals surface area contributed by atoms with Crippen LogP contribution < -0.4 is 14.8 Å². The molecule has 1 fully saturated rings. The molecule has 9 heteroatoms. The highest BCUT2D eigenvalue weighted by Crippen LogP contribution is 2.24. The molecular weight excluding hydrogens is 411 g/mol. The maximum Gasteiger partial charge on any atom is 0.230 e. The number of carbonyl (C=O) groups is 2. The first kappa shape index (κ1) is 24.0. The van der Waals surface area contributed by atoms with E-state index in [1.807, 2.05) is 13.8 Å². The van der Waals surface area contributed by atoms with Gasteiger partial charge in [0, 0.05) is 12.5 Å². The Kier molecular flexibility index (Phi) is 8.54. The summed E-state index contributed by atoms with van der Waals surface area (Å²) in [5.74, 6) is -1.22. The summed E-state index contributed by atoms with van der Waals surface area (Å²) < 4.78 is 46.6. The lowest BCUT2D eigenvalue weighted by atomic mass is 10.0. The highest BCUT2D eigenvalue weighted by atomic mass is 32.2. The topological polar surface area (TPSA) is 102 Å². The Bertz CT molecular complexity index is 899. The van der Waals surface area contributed by atoms with E-state index < -0.39 is 21.9 Å². The summed E-state index contributed by atoms with van der Waals surface area (Å²) in [6.45, 7) is 5.95. The Hall–Kier alpha value is -2.26. The fourth-order valence-electron chi connectivity index (χ4n) is 2.95. The van der Waals surface area contributed by atoms with Gasteiger partial charge in [-0.3, -0.25) is 14.9 Å². The predicted molar refractivity (Wildman–Crippen MR) is 112 cm³/mol. The molecule has 1 aromatic carbocycles. The normalized spacial score (nSPS) is 18.2. The van der Waals surface area contributed by atoms with Gasteiger partial charge in [-0.1, -0.05) is 32.1 Å². The minimum absolute atomic E-state index is 0.101. The second-order valence-electron chi connectivity index (χ2n) is 7.86. The summed E-state index contributed by atoms with van der Waals surface area (Å²) in [4.78, 5) is 22.6. The summed E-state index contributed by atoms with van der Waals surface area (Å²) in [6, 6.07) is 3.76. The highest BCUT2D eigenvalue weighted by molar-refractivity contribution is 7.89. The van der Waals surface area contributed by atoms with Gasteiger partial charge in [0.2, 0.25) is 21.8 Å². The Morgan fingerprint density at radius 1 is 1.27 bits per heavy atom. The van der Waals surface area contributed by atoms with E-state index in [4.69, 9.17) is 4.74 Å². The number of sulfonamides is 1. The molecule has 1 aliphatic heterocycles. The maximum atomic E-state index is 13.9. The Morgan fingerprint density at radius 2 is 2.00 bits per heavy atom. The SMILES string of the molecule is CC(C)COc1cc([C@@H](C)NS(=O)(=O)CC/C=C/CC2CC(=O)NC2=O)ccc1F. The second-order valence-corrected chi connectivity index (χ2v) is 9.74. The van der Waals surface area contributed by atoms with Gasteiger partial charge in [-0.15, -0.1) is 0 Å². The molecule has 1 aliphatic rings. The van der Waals surface area contributed by atoms with E-state index in [9.17, 15) is 22.4 Å². The molecule has 30 heavy (non-hydrogen) atoms. The molecule has 0 aromatic heterocycles. The number of carbonyl (C=O) groups excluding carboxylic acids is 2. The number of amides is 2. The molecule has 2 atom stereocenters. The van der Waals surface area contributed by atoms with Gasteiger partial charge < -0.3 is 4.74 Å². The smallest absolute Gasteiger partial charge is 0.230 e. The van der Waals surface area contributed by atoms with Crippen molar-refractivity contribution in [1.82, 2.24) is 10.0 Å². The quantitative estimate of drug-likeness (QED) is 0.407. The standard InChI is InChI=1S/C21H29FN2O5S/c1-14(2)13-29-19-11-16(8-9-18(19)22)15(3)24-30(27,28)10-6-4-5-7-17-12-20(25)23-21(17)26/h4-5,8-9,11,14-15,17,24H,6-7,10,12-13H2,1-3H3,(H,23,25,26)/b5-4+/t15-,17?/m1/s1. The lowest BCUT2D eigenvalue weighted by Gasteiger charge is -2.16. The molecule has 1 aromatic rings. The maximum absolute atomic E-state index is 13.9. The Balaban J connectivity index is 1.85. The average molecular weight is 441 g/mol. The lowest BCUT2D eigenvalue weighted by molar-refractivity contribution is -0.125. The third-order valence-electron chi connectivity index (χ3n) is 4.59. The molecule has 0 bridgehead atoms. The van der Waals surface area contributed by atoms with Crippen molar-refractivity contribution in [3.05, 3.63) is 41.7 Å². The summed E-state index contributed by atoms with van der Waals surface area (Å²) in [6.07, 6.45) is 4.25. The van der Waals surface area contributed by atoms with Crippen LogP contribution in [0, 0.1) is 17.7 Å². The highest BCUT2D eigenvalue weighted by Gasteiger charge is 2.29. The van der Waals surface area contributed by atoms with E-state index in [1.54, 1.807) is 19.1 Å². The number of allylic oxidation sites excluding steroid dienone is 2. The van der Waals surface area contributed by atoms with Crippen molar-refractivity contribution in [2.75, 3.05) is 12.4 Å². The first-order valence-electron chi connectivity index (χ1n) is 9.98. The third kappa shape index (κ3) is 7.53. The molecule has 166 valence electrons. The van der Waals surface area contributed by atoms with Gasteiger partial charge >= 0.3 is 0 Å².